The minimum Gasteiger partial charge on any atom is -0.478 e. The van der Waals surface area contributed by atoms with E-state index in [4.69, 9.17) is 0 Å². The normalized spacial score (nSPS) is 12.3. The molecule has 1 aliphatic carbocycles. The number of aromatic carboxylic acids is 3. The maximum Gasteiger partial charge on any atom is 0.337 e. The van der Waals surface area contributed by atoms with Crippen molar-refractivity contribution in [3.8, 4) is 0 Å². The Morgan fingerprint density at radius 2 is 1.20 bits per heavy atom. The van der Waals surface area contributed by atoms with E-state index in [0.717, 1.165) is 6.07 Å². The summed E-state index contributed by atoms with van der Waals surface area (Å²) in [5.41, 5.74) is -4.04. The highest BCUT2D eigenvalue weighted by molar-refractivity contribution is 6.32. The molecule has 2 aromatic rings. The summed E-state index contributed by atoms with van der Waals surface area (Å²) in [4.78, 5) is 59.7. The fourth-order valence-electron chi connectivity index (χ4n) is 2.86. The topological polar surface area (TPSA) is 146 Å². The second kappa shape index (κ2) is 5.38. The number of hydrogen-bond donors (Lipinski definition) is 3. The Hall–Kier alpha value is -3.81. The van der Waals surface area contributed by atoms with Gasteiger partial charge in [0.15, 0.2) is 11.6 Å². The zero-order valence-corrected chi connectivity index (χ0v) is 12.3. The Morgan fingerprint density at radius 3 is 1.68 bits per heavy atom. The van der Waals surface area contributed by atoms with Gasteiger partial charge >= 0.3 is 17.9 Å². The van der Waals surface area contributed by atoms with Crippen LogP contribution in [0.1, 0.15) is 62.9 Å². The molecule has 0 amide bonds. The Labute approximate surface area is 138 Å². The zero-order valence-electron chi connectivity index (χ0n) is 12.3. The zero-order chi connectivity index (χ0) is 18.5. The average Bonchev–Trinajstić information content (AvgIpc) is 2.57. The maximum absolute atomic E-state index is 12.7. The predicted molar refractivity (Wildman–Crippen MR) is 80.6 cm³/mol. The molecule has 25 heavy (non-hydrogen) atoms. The largest absolute Gasteiger partial charge is 0.478 e. The van der Waals surface area contributed by atoms with E-state index >= 15 is 0 Å². The van der Waals surface area contributed by atoms with Crippen molar-refractivity contribution in [2.45, 2.75) is 0 Å². The molecule has 0 aromatic heterocycles. The second-order valence-corrected chi connectivity index (χ2v) is 5.22. The first-order chi connectivity index (χ1) is 11.8. The number of carboxylic acids is 3. The first-order valence-electron chi connectivity index (χ1n) is 6.85. The molecule has 0 radical (unpaired) electrons. The molecule has 8 nitrogen and oxygen atoms in total. The molecule has 0 saturated heterocycles. The number of benzene rings is 2. The monoisotopic (exact) mass is 340 g/mol. The van der Waals surface area contributed by atoms with Crippen LogP contribution in [-0.2, 0) is 0 Å². The highest BCUT2D eigenvalue weighted by atomic mass is 16.4. The molecule has 0 atom stereocenters. The molecule has 3 rings (SSSR count). The van der Waals surface area contributed by atoms with Crippen molar-refractivity contribution >= 4 is 29.5 Å². The van der Waals surface area contributed by atoms with Crippen LogP contribution in [-0.4, -0.2) is 44.8 Å². The van der Waals surface area contributed by atoms with Crippen LogP contribution < -0.4 is 0 Å². The molecule has 8 heteroatoms. The molecular weight excluding hydrogens is 332 g/mol. The SMILES string of the molecule is O=C(O)c1cc2c(c(C(=O)O)c1C(=O)O)C(=O)c1ccccc1C2=O. The highest BCUT2D eigenvalue weighted by Crippen LogP contribution is 2.33. The number of hydrogen-bond acceptors (Lipinski definition) is 5. The number of rotatable bonds is 3. The second-order valence-electron chi connectivity index (χ2n) is 5.22. The molecule has 124 valence electrons. The van der Waals surface area contributed by atoms with E-state index in [0.29, 0.717) is 0 Å². The van der Waals surface area contributed by atoms with E-state index in [-0.39, 0.29) is 11.1 Å². The molecule has 3 N–H and O–H groups in total. The van der Waals surface area contributed by atoms with Gasteiger partial charge in [0.05, 0.1) is 16.7 Å². The van der Waals surface area contributed by atoms with Gasteiger partial charge in [0.1, 0.15) is 0 Å². The van der Waals surface area contributed by atoms with E-state index in [1.165, 1.54) is 24.3 Å². The van der Waals surface area contributed by atoms with Crippen LogP contribution in [0.15, 0.2) is 30.3 Å². The third kappa shape index (κ3) is 2.19. The Balaban J connectivity index is 2.51. The van der Waals surface area contributed by atoms with Crippen molar-refractivity contribution in [1.82, 2.24) is 0 Å². The molecule has 0 aliphatic heterocycles. The molecular formula is C17H8O8. The van der Waals surface area contributed by atoms with Gasteiger partial charge in [-0.15, -0.1) is 0 Å². The van der Waals surface area contributed by atoms with Crippen molar-refractivity contribution in [3.05, 3.63) is 69.3 Å². The molecule has 1 aliphatic rings. The van der Waals surface area contributed by atoms with E-state index < -0.39 is 57.3 Å². The van der Waals surface area contributed by atoms with Gasteiger partial charge in [-0.05, 0) is 6.07 Å². The van der Waals surface area contributed by atoms with Gasteiger partial charge in [-0.25, -0.2) is 14.4 Å². The van der Waals surface area contributed by atoms with Gasteiger partial charge in [-0.3, -0.25) is 9.59 Å². The fraction of sp³-hybridized carbons (Fsp3) is 0. The van der Waals surface area contributed by atoms with Crippen molar-refractivity contribution in [1.29, 1.82) is 0 Å². The van der Waals surface area contributed by atoms with Gasteiger partial charge in [-0.1, -0.05) is 24.3 Å². The highest BCUT2D eigenvalue weighted by Gasteiger charge is 2.38. The third-order valence-electron chi connectivity index (χ3n) is 3.87. The van der Waals surface area contributed by atoms with Crippen molar-refractivity contribution in [2.75, 3.05) is 0 Å². The number of carbonyl (C=O) groups excluding carboxylic acids is 2. The van der Waals surface area contributed by atoms with Crippen LogP contribution in [0.2, 0.25) is 0 Å². The number of carbonyl (C=O) groups is 5. The summed E-state index contributed by atoms with van der Waals surface area (Å²) < 4.78 is 0. The quantitative estimate of drug-likeness (QED) is 0.651. The minimum absolute atomic E-state index is 0.00393. The van der Waals surface area contributed by atoms with E-state index in [9.17, 15) is 39.3 Å². The molecule has 0 heterocycles. The molecule has 2 aromatic carbocycles. The number of fused-ring (bicyclic) bond motifs is 2. The lowest BCUT2D eigenvalue weighted by Gasteiger charge is -2.21. The standard InChI is InChI=1S/C17H8O8/c18-13-6-3-1-2-4-7(6)14(19)10-8(13)5-9(15(20)21)11(16(22)23)12(10)17(24)25/h1-5H,(H,20,21)(H,22,23)(H,24,25). The van der Waals surface area contributed by atoms with Crippen molar-refractivity contribution < 1.29 is 39.3 Å². The fourth-order valence-corrected chi connectivity index (χ4v) is 2.86. The van der Waals surface area contributed by atoms with Crippen LogP contribution in [0.25, 0.3) is 0 Å². The van der Waals surface area contributed by atoms with Crippen molar-refractivity contribution in [3.63, 3.8) is 0 Å². The Bertz CT molecular complexity index is 1020. The van der Waals surface area contributed by atoms with Gasteiger partial charge in [0.25, 0.3) is 0 Å². The third-order valence-corrected chi connectivity index (χ3v) is 3.87. The first kappa shape index (κ1) is 16.1. The van der Waals surface area contributed by atoms with Crippen molar-refractivity contribution in [2.24, 2.45) is 0 Å². The van der Waals surface area contributed by atoms with Crippen LogP contribution in [0, 0.1) is 0 Å². The summed E-state index contributed by atoms with van der Waals surface area (Å²) in [5, 5.41) is 27.9. The maximum atomic E-state index is 12.7. The molecule has 0 fully saturated rings. The minimum atomic E-state index is -1.82. The molecule has 0 unspecified atom stereocenters. The smallest absolute Gasteiger partial charge is 0.337 e. The number of ketones is 2. The predicted octanol–water partition coefficient (Wildman–Crippen LogP) is 1.56. The number of carboxylic acid groups (broad SMARTS) is 3. The summed E-state index contributed by atoms with van der Waals surface area (Å²) in [5.74, 6) is -6.94. The summed E-state index contributed by atoms with van der Waals surface area (Å²) >= 11 is 0. The Kier molecular flexibility index (Phi) is 3.45. The van der Waals surface area contributed by atoms with E-state index in [1.807, 2.05) is 0 Å². The Morgan fingerprint density at radius 1 is 0.680 bits per heavy atom. The van der Waals surface area contributed by atoms with Crippen LogP contribution >= 0.6 is 0 Å². The van der Waals surface area contributed by atoms with Gasteiger partial charge in [0, 0.05) is 22.3 Å². The lowest BCUT2D eigenvalue weighted by atomic mass is 9.79. The summed E-state index contributed by atoms with van der Waals surface area (Å²) in [7, 11) is 0. The molecule has 0 spiro atoms. The van der Waals surface area contributed by atoms with Gasteiger partial charge in [-0.2, -0.15) is 0 Å². The first-order valence-corrected chi connectivity index (χ1v) is 6.85. The van der Waals surface area contributed by atoms with Gasteiger partial charge in [0.2, 0.25) is 0 Å². The summed E-state index contributed by atoms with van der Waals surface area (Å²) in [6.07, 6.45) is 0. The average molecular weight is 340 g/mol. The van der Waals surface area contributed by atoms with E-state index in [2.05, 4.69) is 0 Å². The van der Waals surface area contributed by atoms with Crippen LogP contribution in [0.3, 0.4) is 0 Å². The lowest BCUT2D eigenvalue weighted by molar-refractivity contribution is 0.0631. The van der Waals surface area contributed by atoms with E-state index in [1.54, 1.807) is 0 Å². The van der Waals surface area contributed by atoms with Crippen LogP contribution in [0.4, 0.5) is 0 Å². The molecule has 0 saturated carbocycles. The summed E-state index contributed by atoms with van der Waals surface area (Å²) in [6.45, 7) is 0. The van der Waals surface area contributed by atoms with Crippen LogP contribution in [0.5, 0.6) is 0 Å². The van der Waals surface area contributed by atoms with Gasteiger partial charge < -0.3 is 15.3 Å². The summed E-state index contributed by atoms with van der Waals surface area (Å²) in [6, 6.07) is 6.37. The molecule has 0 bridgehead atoms. The lowest BCUT2D eigenvalue weighted by Crippen LogP contribution is -2.28.